The number of guanidine groups is 1. The number of benzene rings is 2. The van der Waals surface area contributed by atoms with Crippen LogP contribution in [0.5, 0.6) is 0 Å². The van der Waals surface area contributed by atoms with Gasteiger partial charge in [-0.25, -0.2) is 4.68 Å². The van der Waals surface area contributed by atoms with Crippen molar-refractivity contribution in [3.63, 3.8) is 0 Å². The average molecular weight is 374 g/mol. The summed E-state index contributed by atoms with van der Waals surface area (Å²) in [7, 11) is 1.81. The smallest absolute Gasteiger partial charge is 0.191 e. The zero-order chi connectivity index (χ0) is 19.2. The maximum absolute atomic E-state index is 4.63. The molecule has 6 heteroatoms. The molecule has 1 unspecified atom stereocenters. The van der Waals surface area contributed by atoms with Crippen molar-refractivity contribution >= 4 is 11.6 Å². The van der Waals surface area contributed by atoms with E-state index >= 15 is 0 Å². The van der Waals surface area contributed by atoms with Crippen molar-refractivity contribution in [3.8, 4) is 5.69 Å². The zero-order valence-electron chi connectivity index (χ0n) is 16.1. The van der Waals surface area contributed by atoms with Gasteiger partial charge in [0.15, 0.2) is 5.96 Å². The second-order valence-corrected chi connectivity index (χ2v) is 6.92. The van der Waals surface area contributed by atoms with E-state index in [0.717, 1.165) is 36.9 Å². The van der Waals surface area contributed by atoms with Crippen LogP contribution in [0.4, 0.5) is 5.69 Å². The Morgan fingerprint density at radius 3 is 2.46 bits per heavy atom. The maximum atomic E-state index is 4.63. The SMILES string of the molecule is CN=C(NCc1ccn(-c2ccccc2)n1)NC1CCN(c2ccccc2)C1. The molecule has 0 aliphatic carbocycles. The summed E-state index contributed by atoms with van der Waals surface area (Å²) in [6.07, 6.45) is 3.08. The third-order valence-corrected chi connectivity index (χ3v) is 4.98. The first-order valence-corrected chi connectivity index (χ1v) is 9.69. The molecule has 0 radical (unpaired) electrons. The van der Waals surface area contributed by atoms with Gasteiger partial charge in [0.2, 0.25) is 0 Å². The minimum atomic E-state index is 0.383. The van der Waals surface area contributed by atoms with E-state index in [0.29, 0.717) is 12.6 Å². The highest BCUT2D eigenvalue weighted by Gasteiger charge is 2.23. The molecule has 0 saturated carbocycles. The molecular formula is C22H26N6. The molecule has 2 aromatic carbocycles. The summed E-state index contributed by atoms with van der Waals surface area (Å²) < 4.78 is 1.89. The van der Waals surface area contributed by atoms with Gasteiger partial charge >= 0.3 is 0 Å². The Labute approximate surface area is 165 Å². The van der Waals surface area contributed by atoms with Gasteiger partial charge in [0.05, 0.1) is 17.9 Å². The van der Waals surface area contributed by atoms with Crippen LogP contribution in [0.15, 0.2) is 77.9 Å². The van der Waals surface area contributed by atoms with Gasteiger partial charge in [-0.3, -0.25) is 4.99 Å². The van der Waals surface area contributed by atoms with Gasteiger partial charge in [-0.05, 0) is 36.8 Å². The summed E-state index contributed by atoms with van der Waals surface area (Å²) in [5.74, 6) is 0.814. The van der Waals surface area contributed by atoms with E-state index in [9.17, 15) is 0 Å². The van der Waals surface area contributed by atoms with Crippen LogP contribution in [0.1, 0.15) is 12.1 Å². The lowest BCUT2D eigenvalue weighted by Gasteiger charge is -2.20. The Morgan fingerprint density at radius 1 is 1.04 bits per heavy atom. The van der Waals surface area contributed by atoms with Gasteiger partial charge in [0.1, 0.15) is 0 Å². The summed E-state index contributed by atoms with van der Waals surface area (Å²) in [4.78, 5) is 6.78. The molecule has 1 fully saturated rings. The fraction of sp³-hybridized carbons (Fsp3) is 0.273. The van der Waals surface area contributed by atoms with E-state index < -0.39 is 0 Å². The Balaban J connectivity index is 1.29. The second-order valence-electron chi connectivity index (χ2n) is 6.92. The van der Waals surface area contributed by atoms with Crippen LogP contribution in [0.3, 0.4) is 0 Å². The summed E-state index contributed by atoms with van der Waals surface area (Å²) >= 11 is 0. The van der Waals surface area contributed by atoms with E-state index in [4.69, 9.17) is 0 Å². The standard InChI is InChI=1S/C22H26N6/c1-23-22(25-19-12-14-27(17-19)20-8-4-2-5-9-20)24-16-18-13-15-28(26-18)21-10-6-3-7-11-21/h2-11,13,15,19H,12,14,16-17H2,1H3,(H2,23,24,25). The molecule has 2 heterocycles. The number of hydrogen-bond acceptors (Lipinski definition) is 3. The number of aliphatic imine (C=N–C) groups is 1. The van der Waals surface area contributed by atoms with E-state index in [1.807, 2.05) is 54.3 Å². The third-order valence-electron chi connectivity index (χ3n) is 4.98. The van der Waals surface area contributed by atoms with E-state index in [1.54, 1.807) is 0 Å². The van der Waals surface area contributed by atoms with Crippen LogP contribution in [0.2, 0.25) is 0 Å². The fourth-order valence-electron chi connectivity index (χ4n) is 3.49. The largest absolute Gasteiger partial charge is 0.369 e. The van der Waals surface area contributed by atoms with Crippen LogP contribution >= 0.6 is 0 Å². The first-order valence-electron chi connectivity index (χ1n) is 9.69. The van der Waals surface area contributed by atoms with E-state index in [2.05, 4.69) is 56.0 Å². The average Bonchev–Trinajstić information content (AvgIpc) is 3.42. The van der Waals surface area contributed by atoms with Crippen molar-refractivity contribution in [2.24, 2.45) is 4.99 Å². The van der Waals surface area contributed by atoms with Crippen molar-refractivity contribution in [1.82, 2.24) is 20.4 Å². The Hall–Kier alpha value is -3.28. The van der Waals surface area contributed by atoms with Crippen molar-refractivity contribution in [3.05, 3.63) is 78.6 Å². The number of nitrogens with zero attached hydrogens (tertiary/aromatic N) is 4. The lowest BCUT2D eigenvalue weighted by Crippen LogP contribution is -2.44. The summed E-state index contributed by atoms with van der Waals surface area (Å²) in [6, 6.07) is 23.1. The van der Waals surface area contributed by atoms with Crippen LogP contribution in [0, 0.1) is 0 Å². The van der Waals surface area contributed by atoms with E-state index in [-0.39, 0.29) is 0 Å². The molecular weight excluding hydrogens is 348 g/mol. The molecule has 4 rings (SSSR count). The third kappa shape index (κ3) is 4.34. The molecule has 3 aromatic rings. The quantitative estimate of drug-likeness (QED) is 0.533. The van der Waals surface area contributed by atoms with E-state index in [1.165, 1.54) is 5.69 Å². The summed E-state index contributed by atoms with van der Waals surface area (Å²) in [5.41, 5.74) is 3.31. The van der Waals surface area contributed by atoms with Crippen molar-refractivity contribution in [2.45, 2.75) is 19.0 Å². The number of hydrogen-bond donors (Lipinski definition) is 2. The van der Waals surface area contributed by atoms with Crippen LogP contribution < -0.4 is 15.5 Å². The van der Waals surface area contributed by atoms with Gasteiger partial charge in [0.25, 0.3) is 0 Å². The first-order chi connectivity index (χ1) is 13.8. The molecule has 28 heavy (non-hydrogen) atoms. The molecule has 2 N–H and O–H groups in total. The fourth-order valence-corrected chi connectivity index (χ4v) is 3.49. The van der Waals surface area contributed by atoms with Crippen molar-refractivity contribution in [1.29, 1.82) is 0 Å². The Bertz CT molecular complexity index is 903. The number of para-hydroxylation sites is 2. The lowest BCUT2D eigenvalue weighted by atomic mass is 10.3. The minimum absolute atomic E-state index is 0.383. The molecule has 1 aliphatic heterocycles. The van der Waals surface area contributed by atoms with Gasteiger partial charge in [-0.2, -0.15) is 5.10 Å². The highest BCUT2D eigenvalue weighted by molar-refractivity contribution is 5.80. The number of rotatable bonds is 5. The topological polar surface area (TPSA) is 57.5 Å². The molecule has 6 nitrogen and oxygen atoms in total. The zero-order valence-corrected chi connectivity index (χ0v) is 16.1. The number of aromatic nitrogens is 2. The van der Waals surface area contributed by atoms with Crippen LogP contribution in [-0.4, -0.2) is 41.9 Å². The predicted octanol–water partition coefficient (Wildman–Crippen LogP) is 2.82. The number of anilines is 1. The first kappa shape index (κ1) is 18.1. The minimum Gasteiger partial charge on any atom is -0.369 e. The molecule has 0 bridgehead atoms. The van der Waals surface area contributed by atoms with Crippen LogP contribution in [-0.2, 0) is 6.54 Å². The highest BCUT2D eigenvalue weighted by atomic mass is 15.3. The highest BCUT2D eigenvalue weighted by Crippen LogP contribution is 2.19. The van der Waals surface area contributed by atoms with Crippen molar-refractivity contribution in [2.75, 3.05) is 25.0 Å². The predicted molar refractivity (Wildman–Crippen MR) is 114 cm³/mol. The van der Waals surface area contributed by atoms with Gasteiger partial charge in [-0.15, -0.1) is 0 Å². The Morgan fingerprint density at radius 2 is 1.75 bits per heavy atom. The van der Waals surface area contributed by atoms with Crippen molar-refractivity contribution < 1.29 is 0 Å². The molecule has 1 atom stereocenters. The summed E-state index contributed by atoms with van der Waals surface area (Å²) in [6.45, 7) is 2.67. The Kier molecular flexibility index (Phi) is 5.56. The van der Waals surface area contributed by atoms with Gasteiger partial charge in [-0.1, -0.05) is 36.4 Å². The summed E-state index contributed by atoms with van der Waals surface area (Å²) in [5, 5.41) is 11.5. The molecule has 144 valence electrons. The monoisotopic (exact) mass is 374 g/mol. The molecule has 1 saturated heterocycles. The number of nitrogens with one attached hydrogen (secondary N) is 2. The normalized spacial score (nSPS) is 17.0. The van der Waals surface area contributed by atoms with Crippen LogP contribution in [0.25, 0.3) is 5.69 Å². The molecule has 1 aromatic heterocycles. The van der Waals surface area contributed by atoms with Gasteiger partial charge < -0.3 is 15.5 Å². The molecule has 0 amide bonds. The maximum Gasteiger partial charge on any atom is 0.191 e. The second kappa shape index (κ2) is 8.61. The molecule has 1 aliphatic rings. The molecule has 0 spiro atoms. The lowest BCUT2D eigenvalue weighted by molar-refractivity contribution is 0.646. The van der Waals surface area contributed by atoms with Gasteiger partial charge in [0, 0.05) is 38.1 Å².